The fraction of sp³-hybridized carbons (Fsp3) is 0.385. The quantitative estimate of drug-likeness (QED) is 0.584. The van der Waals surface area contributed by atoms with E-state index in [1.807, 2.05) is 0 Å². The summed E-state index contributed by atoms with van der Waals surface area (Å²) in [4.78, 5) is 22.7. The molecule has 6 heteroatoms. The zero-order valence-electron chi connectivity index (χ0n) is 10.2. The molecule has 1 aliphatic carbocycles. The van der Waals surface area contributed by atoms with Crippen LogP contribution in [0.4, 0.5) is 0 Å². The summed E-state index contributed by atoms with van der Waals surface area (Å²) in [6.07, 6.45) is 1.66. The third-order valence-corrected chi connectivity index (χ3v) is 3.04. The zero-order chi connectivity index (χ0) is 14.0. The molecule has 0 bridgehead atoms. The van der Waals surface area contributed by atoms with Gasteiger partial charge in [0.2, 0.25) is 5.91 Å². The number of benzene rings is 1. The van der Waals surface area contributed by atoms with Crippen LogP contribution in [0.2, 0.25) is 0 Å². The van der Waals surface area contributed by atoms with Gasteiger partial charge in [-0.05, 0) is 30.5 Å². The van der Waals surface area contributed by atoms with Crippen molar-refractivity contribution in [3.8, 4) is 11.5 Å². The van der Waals surface area contributed by atoms with Crippen molar-refractivity contribution >= 4 is 11.9 Å². The molecule has 1 saturated carbocycles. The van der Waals surface area contributed by atoms with E-state index in [1.54, 1.807) is 0 Å². The largest absolute Gasteiger partial charge is 0.504 e. The predicted octanol–water partition coefficient (Wildman–Crippen LogP) is 0.620. The van der Waals surface area contributed by atoms with E-state index in [4.69, 9.17) is 5.11 Å². The first kappa shape index (κ1) is 13.2. The van der Waals surface area contributed by atoms with Crippen LogP contribution in [0.15, 0.2) is 18.2 Å². The van der Waals surface area contributed by atoms with Crippen LogP contribution in [0, 0.1) is 5.92 Å². The van der Waals surface area contributed by atoms with Gasteiger partial charge < -0.3 is 20.6 Å². The number of carbonyl (C=O) groups excluding carboxylic acids is 1. The molecule has 2 rings (SSSR count). The number of hydrogen-bond acceptors (Lipinski definition) is 4. The minimum atomic E-state index is -1.12. The van der Waals surface area contributed by atoms with E-state index in [2.05, 4.69) is 5.32 Å². The molecule has 0 spiro atoms. The summed E-state index contributed by atoms with van der Waals surface area (Å²) in [5.74, 6) is -2.00. The number of aromatic hydroxyl groups is 2. The van der Waals surface area contributed by atoms with E-state index in [9.17, 15) is 19.8 Å². The van der Waals surface area contributed by atoms with Crippen LogP contribution < -0.4 is 5.32 Å². The Morgan fingerprint density at radius 1 is 1.26 bits per heavy atom. The highest BCUT2D eigenvalue weighted by Gasteiger charge is 2.32. The summed E-state index contributed by atoms with van der Waals surface area (Å²) in [7, 11) is 0. The molecule has 19 heavy (non-hydrogen) atoms. The zero-order valence-corrected chi connectivity index (χ0v) is 10.2. The third-order valence-electron chi connectivity index (χ3n) is 3.04. The van der Waals surface area contributed by atoms with E-state index < -0.39 is 12.0 Å². The monoisotopic (exact) mass is 265 g/mol. The van der Waals surface area contributed by atoms with Crippen LogP contribution in [0.25, 0.3) is 0 Å². The minimum Gasteiger partial charge on any atom is -0.504 e. The van der Waals surface area contributed by atoms with Crippen molar-refractivity contribution in [2.75, 3.05) is 0 Å². The number of aliphatic carboxylic acids is 1. The number of carboxylic acid groups (broad SMARTS) is 1. The standard InChI is InChI=1S/C13H15NO5/c15-10-4-1-7(6-11(10)16)5-9(13(18)19)14-12(17)8-2-3-8/h1,4,6,8-9,15-16H,2-3,5H2,(H,14,17)(H,18,19)/t9-/m0/s1. The lowest BCUT2D eigenvalue weighted by molar-refractivity contribution is -0.142. The molecule has 0 radical (unpaired) electrons. The summed E-state index contributed by atoms with van der Waals surface area (Å²) >= 11 is 0. The second-order valence-corrected chi connectivity index (χ2v) is 4.70. The van der Waals surface area contributed by atoms with Crippen LogP contribution in [0.1, 0.15) is 18.4 Å². The lowest BCUT2D eigenvalue weighted by Crippen LogP contribution is -2.43. The highest BCUT2D eigenvalue weighted by Crippen LogP contribution is 2.29. The number of phenols is 2. The van der Waals surface area contributed by atoms with Crippen LogP contribution >= 0.6 is 0 Å². The summed E-state index contributed by atoms with van der Waals surface area (Å²) in [5.41, 5.74) is 0.527. The van der Waals surface area contributed by atoms with Gasteiger partial charge in [-0.25, -0.2) is 4.79 Å². The Balaban J connectivity index is 2.04. The first-order valence-electron chi connectivity index (χ1n) is 6.01. The van der Waals surface area contributed by atoms with Gasteiger partial charge in [-0.1, -0.05) is 6.07 Å². The van der Waals surface area contributed by atoms with E-state index in [0.717, 1.165) is 12.8 Å². The molecule has 1 aromatic rings. The average molecular weight is 265 g/mol. The first-order valence-corrected chi connectivity index (χ1v) is 6.01. The molecule has 1 atom stereocenters. The molecule has 1 aromatic carbocycles. The maximum atomic E-state index is 11.6. The Morgan fingerprint density at radius 3 is 2.47 bits per heavy atom. The SMILES string of the molecule is O=C(N[C@@H](Cc1ccc(O)c(O)c1)C(=O)O)C1CC1. The average Bonchev–Trinajstić information content (AvgIpc) is 3.16. The first-order chi connectivity index (χ1) is 8.97. The van der Waals surface area contributed by atoms with E-state index in [0.29, 0.717) is 5.56 Å². The van der Waals surface area contributed by atoms with Gasteiger partial charge in [0.05, 0.1) is 0 Å². The molecule has 4 N–H and O–H groups in total. The van der Waals surface area contributed by atoms with Gasteiger partial charge in [0.1, 0.15) is 6.04 Å². The molecule has 1 fully saturated rings. The molecule has 1 amide bonds. The van der Waals surface area contributed by atoms with Gasteiger partial charge in [0, 0.05) is 12.3 Å². The van der Waals surface area contributed by atoms with E-state index in [1.165, 1.54) is 18.2 Å². The number of hydrogen-bond donors (Lipinski definition) is 4. The van der Waals surface area contributed by atoms with Crippen LogP contribution in [-0.2, 0) is 16.0 Å². The lowest BCUT2D eigenvalue weighted by atomic mass is 10.1. The van der Waals surface area contributed by atoms with Gasteiger partial charge in [-0.15, -0.1) is 0 Å². The molecule has 0 aliphatic heterocycles. The molecule has 102 valence electrons. The van der Waals surface area contributed by atoms with Crippen LogP contribution in [0.3, 0.4) is 0 Å². The van der Waals surface area contributed by atoms with Crippen molar-refractivity contribution in [3.63, 3.8) is 0 Å². The Kier molecular flexibility index (Phi) is 3.59. The van der Waals surface area contributed by atoms with Crippen molar-refractivity contribution in [3.05, 3.63) is 23.8 Å². The molecular formula is C13H15NO5. The fourth-order valence-corrected chi connectivity index (χ4v) is 1.77. The number of nitrogens with one attached hydrogen (secondary N) is 1. The Hall–Kier alpha value is -2.24. The lowest BCUT2D eigenvalue weighted by Gasteiger charge is -2.14. The van der Waals surface area contributed by atoms with E-state index >= 15 is 0 Å². The van der Waals surface area contributed by atoms with Gasteiger partial charge >= 0.3 is 5.97 Å². The number of carboxylic acids is 1. The molecule has 0 saturated heterocycles. The predicted molar refractivity (Wildman–Crippen MR) is 65.8 cm³/mol. The van der Waals surface area contributed by atoms with E-state index in [-0.39, 0.29) is 29.7 Å². The molecule has 0 unspecified atom stereocenters. The van der Waals surface area contributed by atoms with Crippen molar-refractivity contribution < 1.29 is 24.9 Å². The number of amides is 1. The fourth-order valence-electron chi connectivity index (χ4n) is 1.77. The number of phenolic OH excluding ortho intramolecular Hbond substituents is 2. The van der Waals surface area contributed by atoms with Crippen LogP contribution in [-0.4, -0.2) is 33.2 Å². The molecular weight excluding hydrogens is 250 g/mol. The third kappa shape index (κ3) is 3.37. The van der Waals surface area contributed by atoms with Crippen molar-refractivity contribution in [1.29, 1.82) is 0 Å². The Bertz CT molecular complexity index is 510. The highest BCUT2D eigenvalue weighted by atomic mass is 16.4. The molecule has 6 nitrogen and oxygen atoms in total. The highest BCUT2D eigenvalue weighted by molar-refractivity contribution is 5.86. The second-order valence-electron chi connectivity index (χ2n) is 4.70. The summed E-state index contributed by atoms with van der Waals surface area (Å²) in [6.45, 7) is 0. The van der Waals surface area contributed by atoms with Crippen molar-refractivity contribution in [1.82, 2.24) is 5.32 Å². The molecule has 1 aliphatic rings. The van der Waals surface area contributed by atoms with Crippen molar-refractivity contribution in [2.45, 2.75) is 25.3 Å². The van der Waals surface area contributed by atoms with Gasteiger partial charge in [0.15, 0.2) is 11.5 Å². The number of carbonyl (C=O) groups is 2. The normalized spacial score (nSPS) is 15.8. The summed E-state index contributed by atoms with van der Waals surface area (Å²) in [6, 6.07) is 3.05. The number of rotatable bonds is 5. The maximum Gasteiger partial charge on any atom is 0.326 e. The smallest absolute Gasteiger partial charge is 0.326 e. The summed E-state index contributed by atoms with van der Waals surface area (Å²) in [5, 5.41) is 30.1. The summed E-state index contributed by atoms with van der Waals surface area (Å²) < 4.78 is 0. The van der Waals surface area contributed by atoms with Crippen molar-refractivity contribution in [2.24, 2.45) is 5.92 Å². The maximum absolute atomic E-state index is 11.6. The van der Waals surface area contributed by atoms with Gasteiger partial charge in [0.25, 0.3) is 0 Å². The van der Waals surface area contributed by atoms with Gasteiger partial charge in [-0.2, -0.15) is 0 Å². The Morgan fingerprint density at radius 2 is 1.95 bits per heavy atom. The Labute approximate surface area is 109 Å². The molecule has 0 aromatic heterocycles. The van der Waals surface area contributed by atoms with Gasteiger partial charge in [-0.3, -0.25) is 4.79 Å². The topological polar surface area (TPSA) is 107 Å². The minimum absolute atomic E-state index is 0.0572. The molecule has 0 heterocycles. The van der Waals surface area contributed by atoms with Crippen LogP contribution in [0.5, 0.6) is 11.5 Å². The second kappa shape index (κ2) is 5.17.